The molecule has 2 rings (SSSR count). The highest BCUT2D eigenvalue weighted by molar-refractivity contribution is 5.66. The molecule has 1 aromatic carbocycles. The summed E-state index contributed by atoms with van der Waals surface area (Å²) in [5.74, 6) is 0. The number of non-ortho nitro benzene ring substituents is 1. The first-order chi connectivity index (χ1) is 7.58. The maximum Gasteiger partial charge on any atom is 0.299 e. The summed E-state index contributed by atoms with van der Waals surface area (Å²) in [4.78, 5) is 20.0. The van der Waals surface area contributed by atoms with E-state index in [0.717, 1.165) is 18.9 Å². The van der Waals surface area contributed by atoms with Crippen molar-refractivity contribution in [2.75, 3.05) is 5.32 Å². The number of nitro groups is 2. The van der Waals surface area contributed by atoms with Gasteiger partial charge in [-0.1, -0.05) is 0 Å². The molecule has 0 saturated heterocycles. The molecule has 7 heteroatoms. The molecule has 16 heavy (non-hydrogen) atoms. The molecule has 84 valence electrons. The Kier molecular flexibility index (Phi) is 2.43. The minimum absolute atomic E-state index is 0.249. The van der Waals surface area contributed by atoms with E-state index in [1.807, 2.05) is 0 Å². The van der Waals surface area contributed by atoms with E-state index in [0.29, 0.717) is 5.69 Å². The third-order valence-electron chi connectivity index (χ3n) is 2.33. The predicted molar refractivity (Wildman–Crippen MR) is 56.4 cm³/mol. The van der Waals surface area contributed by atoms with Crippen LogP contribution >= 0.6 is 0 Å². The fourth-order valence-corrected chi connectivity index (χ4v) is 1.35. The first-order valence-electron chi connectivity index (χ1n) is 4.77. The van der Waals surface area contributed by atoms with Crippen LogP contribution in [0.5, 0.6) is 0 Å². The third kappa shape index (κ3) is 2.08. The molecule has 0 aromatic heterocycles. The summed E-state index contributed by atoms with van der Waals surface area (Å²) in [7, 11) is 0. The van der Waals surface area contributed by atoms with Gasteiger partial charge in [-0.2, -0.15) is 0 Å². The minimum atomic E-state index is -0.645. The molecule has 1 aliphatic carbocycles. The molecule has 1 saturated carbocycles. The highest BCUT2D eigenvalue weighted by Gasteiger charge is 2.26. The van der Waals surface area contributed by atoms with Crippen molar-refractivity contribution < 1.29 is 9.85 Å². The van der Waals surface area contributed by atoms with Crippen LogP contribution < -0.4 is 5.32 Å². The lowest BCUT2D eigenvalue weighted by Crippen LogP contribution is -2.04. The van der Waals surface area contributed by atoms with Gasteiger partial charge in [0.1, 0.15) is 5.69 Å². The van der Waals surface area contributed by atoms with Crippen molar-refractivity contribution in [1.29, 1.82) is 0 Å². The Morgan fingerprint density at radius 2 is 1.88 bits per heavy atom. The summed E-state index contributed by atoms with van der Waals surface area (Å²) in [6, 6.07) is 3.89. The molecular formula is C9H9N3O4. The van der Waals surface area contributed by atoms with Crippen LogP contribution in [-0.2, 0) is 0 Å². The van der Waals surface area contributed by atoms with Crippen LogP contribution in [0.3, 0.4) is 0 Å². The lowest BCUT2D eigenvalue weighted by Gasteiger charge is -2.04. The SMILES string of the molecule is O=[N+]([O-])c1ccc(NC2CC2)c([N+](=O)[O-])c1. The topological polar surface area (TPSA) is 98.3 Å². The molecule has 7 nitrogen and oxygen atoms in total. The Balaban J connectivity index is 2.35. The molecule has 0 heterocycles. The lowest BCUT2D eigenvalue weighted by molar-refractivity contribution is -0.393. The summed E-state index contributed by atoms with van der Waals surface area (Å²) in [6.45, 7) is 0. The van der Waals surface area contributed by atoms with Gasteiger partial charge in [-0.05, 0) is 18.9 Å². The van der Waals surface area contributed by atoms with Crippen molar-refractivity contribution >= 4 is 17.1 Å². The molecule has 0 unspecified atom stereocenters. The van der Waals surface area contributed by atoms with Crippen LogP contribution in [0.4, 0.5) is 17.1 Å². The molecule has 0 atom stereocenters. The fourth-order valence-electron chi connectivity index (χ4n) is 1.35. The zero-order valence-corrected chi connectivity index (χ0v) is 8.25. The van der Waals surface area contributed by atoms with Crippen LogP contribution in [0.2, 0.25) is 0 Å². The van der Waals surface area contributed by atoms with Gasteiger partial charge in [0.25, 0.3) is 11.4 Å². The second-order valence-corrected chi connectivity index (χ2v) is 3.63. The van der Waals surface area contributed by atoms with Gasteiger partial charge in [0, 0.05) is 12.1 Å². The van der Waals surface area contributed by atoms with Crippen LogP contribution in [0, 0.1) is 20.2 Å². The monoisotopic (exact) mass is 223 g/mol. The number of nitro benzene ring substituents is 2. The van der Waals surface area contributed by atoms with E-state index in [1.54, 1.807) is 0 Å². The maximum atomic E-state index is 10.7. The Morgan fingerprint density at radius 3 is 2.38 bits per heavy atom. The minimum Gasteiger partial charge on any atom is -0.377 e. The van der Waals surface area contributed by atoms with Gasteiger partial charge >= 0.3 is 0 Å². The van der Waals surface area contributed by atoms with Gasteiger partial charge in [0.05, 0.1) is 15.9 Å². The van der Waals surface area contributed by atoms with E-state index >= 15 is 0 Å². The standard InChI is InChI=1S/C9H9N3O4/c13-11(14)7-3-4-8(10-6-1-2-6)9(5-7)12(15)16/h3-6,10H,1-2H2. The highest BCUT2D eigenvalue weighted by Crippen LogP contribution is 2.33. The number of benzene rings is 1. The van der Waals surface area contributed by atoms with Crippen LogP contribution in [0.15, 0.2) is 18.2 Å². The molecule has 0 bridgehead atoms. The van der Waals surface area contributed by atoms with Crippen molar-refractivity contribution in [2.24, 2.45) is 0 Å². The zero-order chi connectivity index (χ0) is 11.7. The number of nitrogens with zero attached hydrogens (tertiary/aromatic N) is 2. The Labute approximate surface area is 90.4 Å². The normalized spacial score (nSPS) is 14.5. The second kappa shape index (κ2) is 3.76. The molecule has 1 aliphatic rings. The van der Waals surface area contributed by atoms with E-state index in [2.05, 4.69) is 5.32 Å². The first-order valence-corrected chi connectivity index (χ1v) is 4.77. The van der Waals surface area contributed by atoms with E-state index in [1.165, 1.54) is 12.1 Å². The van der Waals surface area contributed by atoms with Gasteiger partial charge in [0.15, 0.2) is 0 Å². The summed E-state index contributed by atoms with van der Waals surface area (Å²) in [5, 5.41) is 24.2. The summed E-state index contributed by atoms with van der Waals surface area (Å²) < 4.78 is 0. The van der Waals surface area contributed by atoms with E-state index in [-0.39, 0.29) is 17.4 Å². The van der Waals surface area contributed by atoms with Gasteiger partial charge in [-0.3, -0.25) is 20.2 Å². The van der Waals surface area contributed by atoms with Crippen molar-refractivity contribution in [3.8, 4) is 0 Å². The van der Waals surface area contributed by atoms with E-state index < -0.39 is 9.85 Å². The van der Waals surface area contributed by atoms with Gasteiger partial charge in [-0.15, -0.1) is 0 Å². The van der Waals surface area contributed by atoms with Gasteiger partial charge in [-0.25, -0.2) is 0 Å². The molecule has 1 fully saturated rings. The van der Waals surface area contributed by atoms with Crippen molar-refractivity contribution in [1.82, 2.24) is 0 Å². The van der Waals surface area contributed by atoms with Gasteiger partial charge < -0.3 is 5.32 Å². The second-order valence-electron chi connectivity index (χ2n) is 3.63. The smallest absolute Gasteiger partial charge is 0.299 e. The largest absolute Gasteiger partial charge is 0.377 e. The predicted octanol–water partition coefficient (Wildman–Crippen LogP) is 2.08. The Morgan fingerprint density at radius 1 is 1.19 bits per heavy atom. The molecule has 0 radical (unpaired) electrons. The molecule has 1 aromatic rings. The first kappa shape index (κ1) is 10.3. The Hall–Kier alpha value is -2.18. The summed E-state index contributed by atoms with van der Waals surface area (Å²) >= 11 is 0. The van der Waals surface area contributed by atoms with Crippen molar-refractivity contribution in [2.45, 2.75) is 18.9 Å². The quantitative estimate of drug-likeness (QED) is 0.622. The van der Waals surface area contributed by atoms with Crippen LogP contribution in [0.25, 0.3) is 0 Å². The molecule has 0 spiro atoms. The molecule has 1 N–H and O–H groups in total. The van der Waals surface area contributed by atoms with Crippen LogP contribution in [0.1, 0.15) is 12.8 Å². The lowest BCUT2D eigenvalue weighted by atomic mass is 10.2. The molecule has 0 amide bonds. The average molecular weight is 223 g/mol. The van der Waals surface area contributed by atoms with E-state index in [9.17, 15) is 20.2 Å². The number of hydrogen-bond donors (Lipinski definition) is 1. The van der Waals surface area contributed by atoms with Crippen LogP contribution in [-0.4, -0.2) is 15.9 Å². The number of rotatable bonds is 4. The third-order valence-corrected chi connectivity index (χ3v) is 2.33. The molecule has 0 aliphatic heterocycles. The number of hydrogen-bond acceptors (Lipinski definition) is 5. The number of anilines is 1. The van der Waals surface area contributed by atoms with Crippen molar-refractivity contribution in [3.63, 3.8) is 0 Å². The number of nitrogens with one attached hydrogen (secondary N) is 1. The van der Waals surface area contributed by atoms with Crippen molar-refractivity contribution in [3.05, 3.63) is 38.4 Å². The summed E-state index contributed by atoms with van der Waals surface area (Å²) in [6.07, 6.45) is 1.96. The van der Waals surface area contributed by atoms with Gasteiger partial charge in [0.2, 0.25) is 0 Å². The zero-order valence-electron chi connectivity index (χ0n) is 8.25. The van der Waals surface area contributed by atoms with E-state index in [4.69, 9.17) is 0 Å². The molecular weight excluding hydrogens is 214 g/mol. The summed E-state index contributed by atoms with van der Waals surface area (Å²) in [5.41, 5.74) is -0.174. The maximum absolute atomic E-state index is 10.7. The average Bonchev–Trinajstić information content (AvgIpc) is 3.01. The fraction of sp³-hybridized carbons (Fsp3) is 0.333. The Bertz CT molecular complexity index is 456. The highest BCUT2D eigenvalue weighted by atomic mass is 16.6.